The molecule has 3 amide bonds. The summed E-state index contributed by atoms with van der Waals surface area (Å²) in [5.41, 5.74) is 1.81. The maximum Gasteiger partial charge on any atom is 0.416 e. The summed E-state index contributed by atoms with van der Waals surface area (Å²) in [7, 11) is 0. The molecule has 5 rings (SSSR count). The first-order chi connectivity index (χ1) is 20.5. The molecule has 0 saturated heterocycles. The highest BCUT2D eigenvalue weighted by molar-refractivity contribution is 6.33. The molecule has 0 fully saturated rings. The first-order valence-corrected chi connectivity index (χ1v) is 13.5. The number of rotatable bonds is 6. The Morgan fingerprint density at radius 2 is 1.60 bits per heavy atom. The predicted octanol–water partition coefficient (Wildman–Crippen LogP) is 6.88. The van der Waals surface area contributed by atoms with E-state index in [2.05, 4.69) is 15.6 Å². The minimum atomic E-state index is -4.67. The van der Waals surface area contributed by atoms with E-state index in [9.17, 15) is 27.6 Å². The Morgan fingerprint density at radius 3 is 2.33 bits per heavy atom. The third-order valence-corrected chi connectivity index (χ3v) is 7.14. The molecule has 2 N–H and O–H groups in total. The number of alkyl halides is 3. The number of aryl methyl sites for hydroxylation is 1. The summed E-state index contributed by atoms with van der Waals surface area (Å²) in [4.78, 5) is 46.4. The quantitative estimate of drug-likeness (QED) is 0.235. The Hall–Kier alpha value is -4.96. The number of amides is 3. The summed E-state index contributed by atoms with van der Waals surface area (Å²) in [6.07, 6.45) is -6.21. The standard InChI is InChI=1S/C32H24ClF3N4O3/c1-19-9-5-6-12-22(19)27(41)18-40-26-14-8-7-13-23(26)28(20-10-3-2-4-11-20)38-29(30(40)42)39-31(43)37-25-17-21(32(34,35)36)15-16-24(25)33/h2-17,29H,18H2,1H3,(H2,37,39,43)/t29-/m1/s1. The van der Waals surface area contributed by atoms with Crippen molar-refractivity contribution in [3.05, 3.63) is 130 Å². The lowest BCUT2D eigenvalue weighted by Gasteiger charge is -2.25. The van der Waals surface area contributed by atoms with Crippen LogP contribution < -0.4 is 15.5 Å². The Bertz CT molecular complexity index is 1740. The van der Waals surface area contributed by atoms with Crippen LogP contribution in [0.1, 0.15) is 32.6 Å². The van der Waals surface area contributed by atoms with Gasteiger partial charge in [-0.25, -0.2) is 9.79 Å². The van der Waals surface area contributed by atoms with Gasteiger partial charge in [-0.3, -0.25) is 9.59 Å². The number of aliphatic imine (C=N–C) groups is 1. The van der Waals surface area contributed by atoms with Gasteiger partial charge in [0.05, 0.1) is 34.2 Å². The molecule has 0 aromatic heterocycles. The van der Waals surface area contributed by atoms with E-state index in [0.29, 0.717) is 34.2 Å². The van der Waals surface area contributed by atoms with Crippen molar-refractivity contribution in [2.75, 3.05) is 16.8 Å². The van der Waals surface area contributed by atoms with Crippen molar-refractivity contribution in [1.29, 1.82) is 0 Å². The molecule has 1 aliphatic heterocycles. The van der Waals surface area contributed by atoms with Crippen LogP contribution in [0.4, 0.5) is 29.3 Å². The van der Waals surface area contributed by atoms with Crippen molar-refractivity contribution in [2.45, 2.75) is 19.3 Å². The number of halogens is 4. The van der Waals surface area contributed by atoms with Crippen molar-refractivity contribution in [3.63, 3.8) is 0 Å². The molecule has 43 heavy (non-hydrogen) atoms. The lowest BCUT2D eigenvalue weighted by atomic mass is 9.99. The van der Waals surface area contributed by atoms with E-state index in [0.717, 1.165) is 17.7 Å². The van der Waals surface area contributed by atoms with Gasteiger partial charge in [-0.05, 0) is 36.8 Å². The highest BCUT2D eigenvalue weighted by Crippen LogP contribution is 2.34. The summed E-state index contributed by atoms with van der Waals surface area (Å²) in [6, 6.07) is 24.3. The topological polar surface area (TPSA) is 90.9 Å². The van der Waals surface area contributed by atoms with E-state index in [1.54, 1.807) is 79.7 Å². The highest BCUT2D eigenvalue weighted by atomic mass is 35.5. The number of nitrogens with one attached hydrogen (secondary N) is 2. The molecule has 0 bridgehead atoms. The number of ketones is 1. The molecule has 0 spiro atoms. The fourth-order valence-corrected chi connectivity index (χ4v) is 4.87. The van der Waals surface area contributed by atoms with E-state index in [1.165, 1.54) is 4.90 Å². The van der Waals surface area contributed by atoms with Crippen molar-refractivity contribution < 1.29 is 27.6 Å². The van der Waals surface area contributed by atoms with Gasteiger partial charge in [-0.2, -0.15) is 13.2 Å². The van der Waals surface area contributed by atoms with Gasteiger partial charge in [0.2, 0.25) is 6.17 Å². The number of carbonyl (C=O) groups excluding carboxylic acids is 3. The van der Waals surface area contributed by atoms with Gasteiger partial charge in [0.15, 0.2) is 5.78 Å². The zero-order chi connectivity index (χ0) is 30.7. The second-order valence-electron chi connectivity index (χ2n) is 9.72. The van der Waals surface area contributed by atoms with Gasteiger partial charge >= 0.3 is 12.2 Å². The summed E-state index contributed by atoms with van der Waals surface area (Å²) in [5, 5.41) is 4.60. The zero-order valence-corrected chi connectivity index (χ0v) is 23.4. The van der Waals surface area contributed by atoms with Gasteiger partial charge in [-0.15, -0.1) is 0 Å². The van der Waals surface area contributed by atoms with Crippen molar-refractivity contribution in [2.24, 2.45) is 4.99 Å². The van der Waals surface area contributed by atoms with Crippen LogP contribution in [0.15, 0.2) is 102 Å². The van der Waals surface area contributed by atoms with E-state index >= 15 is 0 Å². The Balaban J connectivity index is 1.53. The average Bonchev–Trinajstić information content (AvgIpc) is 3.09. The van der Waals surface area contributed by atoms with Gasteiger partial charge < -0.3 is 15.5 Å². The minimum Gasteiger partial charge on any atom is -0.308 e. The van der Waals surface area contributed by atoms with Crippen LogP contribution in [-0.4, -0.2) is 36.1 Å². The average molecular weight is 605 g/mol. The third kappa shape index (κ3) is 6.44. The lowest BCUT2D eigenvalue weighted by molar-refractivity contribution is -0.137. The van der Waals surface area contributed by atoms with E-state index in [1.807, 2.05) is 6.07 Å². The number of benzodiazepines with no additional fused rings is 1. The molecule has 218 valence electrons. The van der Waals surface area contributed by atoms with Crippen LogP contribution in [0.5, 0.6) is 0 Å². The predicted molar refractivity (Wildman–Crippen MR) is 159 cm³/mol. The van der Waals surface area contributed by atoms with Crippen LogP contribution in [0.3, 0.4) is 0 Å². The van der Waals surface area contributed by atoms with Crippen LogP contribution >= 0.6 is 11.6 Å². The molecule has 0 radical (unpaired) electrons. The normalized spacial score (nSPS) is 14.8. The first-order valence-electron chi connectivity index (χ1n) is 13.1. The number of hydrogen-bond acceptors (Lipinski definition) is 4. The molecule has 1 atom stereocenters. The van der Waals surface area contributed by atoms with Gasteiger partial charge in [-0.1, -0.05) is 84.4 Å². The molecule has 4 aromatic rings. The number of urea groups is 1. The second kappa shape index (κ2) is 12.1. The van der Waals surface area contributed by atoms with Gasteiger partial charge in [0, 0.05) is 16.7 Å². The number of Topliss-reactive ketones (excluding diaryl/α,β-unsaturated/α-hetero) is 1. The number of nitrogens with zero attached hydrogens (tertiary/aromatic N) is 2. The van der Waals surface area contributed by atoms with Crippen LogP contribution in [-0.2, 0) is 11.0 Å². The SMILES string of the molecule is Cc1ccccc1C(=O)CN1C(=O)[C@@H](NC(=O)Nc2cc(C(F)(F)F)ccc2Cl)N=C(c2ccccc2)c2ccccc21. The molecule has 0 saturated carbocycles. The molecule has 0 unspecified atom stereocenters. The first kappa shape index (κ1) is 29.5. The van der Waals surface area contributed by atoms with Gasteiger partial charge in [0.25, 0.3) is 5.91 Å². The fraction of sp³-hybridized carbons (Fsp3) is 0.125. The number of fused-ring (bicyclic) bond motifs is 1. The molecule has 11 heteroatoms. The third-order valence-electron chi connectivity index (χ3n) is 6.81. The summed E-state index contributed by atoms with van der Waals surface area (Å²) < 4.78 is 39.8. The van der Waals surface area contributed by atoms with E-state index in [-0.39, 0.29) is 23.0 Å². The summed E-state index contributed by atoms with van der Waals surface area (Å²) in [6.45, 7) is 1.44. The number of anilines is 2. The second-order valence-corrected chi connectivity index (χ2v) is 10.1. The van der Waals surface area contributed by atoms with E-state index in [4.69, 9.17) is 11.6 Å². The Labute approximate surface area is 250 Å². The zero-order valence-electron chi connectivity index (χ0n) is 22.7. The molecular formula is C32H24ClF3N4O3. The molecule has 0 aliphatic carbocycles. The van der Waals surface area contributed by atoms with Crippen molar-refractivity contribution in [1.82, 2.24) is 5.32 Å². The minimum absolute atomic E-state index is 0.137. The molecule has 7 nitrogen and oxygen atoms in total. The monoisotopic (exact) mass is 604 g/mol. The van der Waals surface area contributed by atoms with E-state index < -0.39 is 29.8 Å². The maximum atomic E-state index is 14.0. The summed E-state index contributed by atoms with van der Waals surface area (Å²) in [5.74, 6) is -1.05. The van der Waals surface area contributed by atoms with Crippen LogP contribution in [0.2, 0.25) is 5.02 Å². The smallest absolute Gasteiger partial charge is 0.308 e. The largest absolute Gasteiger partial charge is 0.416 e. The number of para-hydroxylation sites is 1. The molecule has 1 heterocycles. The molecule has 1 aliphatic rings. The van der Waals surface area contributed by atoms with Gasteiger partial charge in [0.1, 0.15) is 0 Å². The Morgan fingerprint density at radius 1 is 0.930 bits per heavy atom. The highest BCUT2D eigenvalue weighted by Gasteiger charge is 2.35. The fourth-order valence-electron chi connectivity index (χ4n) is 4.71. The Kier molecular flexibility index (Phi) is 8.31. The number of hydrogen-bond donors (Lipinski definition) is 2. The maximum absolute atomic E-state index is 14.0. The van der Waals surface area contributed by atoms with Crippen molar-refractivity contribution in [3.8, 4) is 0 Å². The van der Waals surface area contributed by atoms with Crippen molar-refractivity contribution >= 4 is 46.4 Å². The van der Waals surface area contributed by atoms with Crippen LogP contribution in [0, 0.1) is 6.92 Å². The summed E-state index contributed by atoms with van der Waals surface area (Å²) >= 11 is 6.05. The van der Waals surface area contributed by atoms with Crippen LogP contribution in [0.25, 0.3) is 0 Å². The number of carbonyl (C=O) groups is 3. The molecule has 4 aromatic carbocycles. The lowest BCUT2D eigenvalue weighted by Crippen LogP contribution is -2.50. The molecular weight excluding hydrogens is 581 g/mol. The number of benzene rings is 4.